The summed E-state index contributed by atoms with van der Waals surface area (Å²) in [6, 6.07) is -0.487. The molecule has 0 saturated heterocycles. The van der Waals surface area contributed by atoms with E-state index in [2.05, 4.69) is 10.1 Å². The minimum Gasteiger partial charge on any atom is -0.360 e. The number of hydrogen-bond acceptors (Lipinski definition) is 3. The summed E-state index contributed by atoms with van der Waals surface area (Å²) in [4.78, 5) is 5.47. The van der Waals surface area contributed by atoms with Crippen molar-refractivity contribution in [1.29, 1.82) is 0 Å². The maximum atomic E-state index is 13.2. The Morgan fingerprint density at radius 1 is 1.20 bits per heavy atom. The Morgan fingerprint density at radius 3 is 2.36 bits per heavy atom. The molecule has 0 radical (unpaired) electrons. The van der Waals surface area contributed by atoms with Gasteiger partial charge in [0.05, 0.1) is 18.4 Å². The van der Waals surface area contributed by atoms with Crippen LogP contribution >= 0.6 is 0 Å². The highest BCUT2D eigenvalue weighted by Gasteiger charge is 2.49. The Bertz CT molecular complexity index is 539. The quantitative estimate of drug-likeness (QED) is 0.422. The van der Waals surface area contributed by atoms with E-state index in [9.17, 15) is 26.3 Å². The lowest BCUT2D eigenvalue weighted by Crippen LogP contribution is -2.48. The van der Waals surface area contributed by atoms with Gasteiger partial charge in [-0.05, 0) is 19.3 Å². The second kappa shape index (κ2) is 7.03. The molecule has 0 N–H and O–H groups in total. The number of halogens is 6. The van der Waals surface area contributed by atoms with Crippen LogP contribution < -0.4 is 0 Å². The van der Waals surface area contributed by atoms with E-state index in [0.29, 0.717) is 12.8 Å². The zero-order valence-electron chi connectivity index (χ0n) is 14.3. The summed E-state index contributed by atoms with van der Waals surface area (Å²) in [5.41, 5.74) is -0.953. The van der Waals surface area contributed by atoms with Gasteiger partial charge in [0.1, 0.15) is 5.84 Å². The molecular weight excluding hydrogens is 350 g/mol. The lowest BCUT2D eigenvalue weighted by atomic mass is 9.84. The maximum Gasteiger partial charge on any atom is 0.431 e. The van der Waals surface area contributed by atoms with Crippen molar-refractivity contribution in [2.24, 2.45) is 21.9 Å². The standard InChI is InChI=1S/C15H22F6N4/c1-22-13(11-8-24(2)23-12(11)15(19,20)21)25(3)10-6-4-5-9(7-10)14(16,17)18/h9-11H,4-8H2,1-3H3/b22-13-. The van der Waals surface area contributed by atoms with Crippen molar-refractivity contribution >= 4 is 11.5 Å². The van der Waals surface area contributed by atoms with Crippen LogP contribution in [0.3, 0.4) is 0 Å². The van der Waals surface area contributed by atoms with E-state index in [0.717, 1.165) is 0 Å². The zero-order chi connectivity index (χ0) is 19.0. The normalized spacial score (nSPS) is 29.0. The van der Waals surface area contributed by atoms with Gasteiger partial charge < -0.3 is 4.90 Å². The van der Waals surface area contributed by atoms with Crippen molar-refractivity contribution in [3.8, 4) is 0 Å². The fraction of sp³-hybridized carbons (Fsp3) is 0.867. The van der Waals surface area contributed by atoms with Crippen LogP contribution in [0.5, 0.6) is 0 Å². The summed E-state index contributed by atoms with van der Waals surface area (Å²) in [5, 5.41) is 4.72. The molecule has 144 valence electrons. The average Bonchev–Trinajstić information content (AvgIpc) is 2.89. The Hall–Kier alpha value is -1.48. The van der Waals surface area contributed by atoms with Crippen LogP contribution in [-0.2, 0) is 0 Å². The summed E-state index contributed by atoms with van der Waals surface area (Å²) in [5.74, 6) is -2.38. The molecule has 3 unspecified atom stereocenters. The first-order valence-electron chi connectivity index (χ1n) is 8.08. The predicted octanol–water partition coefficient (Wildman–Crippen LogP) is 3.55. The topological polar surface area (TPSA) is 31.2 Å². The van der Waals surface area contributed by atoms with Crippen molar-refractivity contribution in [2.45, 2.75) is 44.1 Å². The smallest absolute Gasteiger partial charge is 0.360 e. The molecule has 0 spiro atoms. The van der Waals surface area contributed by atoms with Gasteiger partial charge in [-0.25, -0.2) is 0 Å². The molecule has 1 saturated carbocycles. The number of hydrazone groups is 1. The van der Waals surface area contributed by atoms with Crippen LogP contribution in [0.25, 0.3) is 0 Å². The molecule has 4 nitrogen and oxygen atoms in total. The number of amidine groups is 1. The van der Waals surface area contributed by atoms with E-state index in [-0.39, 0.29) is 25.2 Å². The van der Waals surface area contributed by atoms with Gasteiger partial charge >= 0.3 is 12.4 Å². The summed E-state index contributed by atoms with van der Waals surface area (Å²) in [7, 11) is 4.32. The SMILES string of the molecule is C/N=C(/C1CN(C)N=C1C(F)(F)F)N(C)C1CCCC(C(F)(F)F)C1. The highest BCUT2D eigenvalue weighted by molar-refractivity contribution is 6.09. The minimum atomic E-state index is -4.60. The lowest BCUT2D eigenvalue weighted by molar-refractivity contribution is -0.185. The van der Waals surface area contributed by atoms with E-state index < -0.39 is 35.9 Å². The summed E-state index contributed by atoms with van der Waals surface area (Å²) in [6.45, 7) is 0.00127. The van der Waals surface area contributed by atoms with E-state index in [1.807, 2.05) is 0 Å². The predicted molar refractivity (Wildman–Crippen MR) is 82.5 cm³/mol. The van der Waals surface area contributed by atoms with E-state index in [1.54, 1.807) is 0 Å². The van der Waals surface area contributed by atoms with E-state index in [4.69, 9.17) is 0 Å². The fourth-order valence-corrected chi connectivity index (χ4v) is 3.66. The van der Waals surface area contributed by atoms with Gasteiger partial charge in [-0.1, -0.05) is 6.42 Å². The molecule has 1 fully saturated rings. The summed E-state index contributed by atoms with van der Waals surface area (Å²) in [6.07, 6.45) is -8.06. The maximum absolute atomic E-state index is 13.2. The van der Waals surface area contributed by atoms with Crippen molar-refractivity contribution in [3.05, 3.63) is 0 Å². The Morgan fingerprint density at radius 2 is 1.84 bits per heavy atom. The molecule has 0 aromatic rings. The Kier molecular flexibility index (Phi) is 5.58. The number of nitrogens with zero attached hydrogens (tertiary/aromatic N) is 4. The van der Waals surface area contributed by atoms with Gasteiger partial charge in [0.2, 0.25) is 0 Å². The van der Waals surface area contributed by atoms with Crippen LogP contribution in [0.4, 0.5) is 26.3 Å². The number of rotatable bonds is 2. The molecule has 2 aliphatic rings. The molecule has 0 aromatic carbocycles. The molecule has 0 amide bonds. The average molecular weight is 372 g/mol. The molecule has 0 bridgehead atoms. The molecule has 10 heteroatoms. The molecule has 25 heavy (non-hydrogen) atoms. The van der Waals surface area contributed by atoms with Crippen LogP contribution in [0, 0.1) is 11.8 Å². The van der Waals surface area contributed by atoms with Crippen molar-refractivity contribution < 1.29 is 26.3 Å². The summed E-state index contributed by atoms with van der Waals surface area (Å²) < 4.78 is 78.7. The fourth-order valence-electron chi connectivity index (χ4n) is 3.66. The molecule has 1 aliphatic carbocycles. The first-order valence-corrected chi connectivity index (χ1v) is 8.08. The van der Waals surface area contributed by atoms with Gasteiger partial charge in [0, 0.05) is 27.2 Å². The summed E-state index contributed by atoms with van der Waals surface area (Å²) >= 11 is 0. The van der Waals surface area contributed by atoms with E-state index >= 15 is 0 Å². The second-order valence-electron chi connectivity index (χ2n) is 6.63. The molecule has 3 atom stereocenters. The number of hydrogen-bond donors (Lipinski definition) is 0. The first-order chi connectivity index (χ1) is 11.4. The van der Waals surface area contributed by atoms with Crippen LogP contribution in [-0.4, -0.2) is 67.5 Å². The minimum absolute atomic E-state index is 0.00127. The van der Waals surface area contributed by atoms with Gasteiger partial charge in [-0.15, -0.1) is 0 Å². The first kappa shape index (κ1) is 19.8. The van der Waals surface area contributed by atoms with Crippen molar-refractivity contribution in [1.82, 2.24) is 9.91 Å². The molecule has 1 aliphatic heterocycles. The van der Waals surface area contributed by atoms with Gasteiger partial charge in [0.15, 0.2) is 5.71 Å². The van der Waals surface area contributed by atoms with Crippen LogP contribution in [0.1, 0.15) is 25.7 Å². The third-order valence-electron chi connectivity index (χ3n) is 4.91. The lowest BCUT2D eigenvalue weighted by Gasteiger charge is -2.39. The Labute approximate surface area is 142 Å². The second-order valence-corrected chi connectivity index (χ2v) is 6.63. The highest BCUT2D eigenvalue weighted by Crippen LogP contribution is 2.39. The third-order valence-corrected chi connectivity index (χ3v) is 4.91. The largest absolute Gasteiger partial charge is 0.431 e. The van der Waals surface area contributed by atoms with Crippen molar-refractivity contribution in [3.63, 3.8) is 0 Å². The third kappa shape index (κ3) is 4.38. The molecule has 1 heterocycles. The Balaban J connectivity index is 2.19. The number of alkyl halides is 6. The molecule has 2 rings (SSSR count). The van der Waals surface area contributed by atoms with Crippen molar-refractivity contribution in [2.75, 3.05) is 27.7 Å². The monoisotopic (exact) mass is 372 g/mol. The van der Waals surface area contributed by atoms with Crippen LogP contribution in [0.2, 0.25) is 0 Å². The highest BCUT2D eigenvalue weighted by atomic mass is 19.4. The van der Waals surface area contributed by atoms with Gasteiger partial charge in [-0.2, -0.15) is 31.4 Å². The molecular formula is C15H22F6N4. The molecule has 0 aromatic heterocycles. The van der Waals surface area contributed by atoms with Gasteiger partial charge in [-0.3, -0.25) is 10.0 Å². The number of aliphatic imine (C=N–C) groups is 1. The van der Waals surface area contributed by atoms with Crippen LogP contribution in [0.15, 0.2) is 10.1 Å². The van der Waals surface area contributed by atoms with E-state index in [1.165, 1.54) is 31.1 Å². The zero-order valence-corrected chi connectivity index (χ0v) is 14.3. The van der Waals surface area contributed by atoms with Gasteiger partial charge in [0.25, 0.3) is 0 Å².